The van der Waals surface area contributed by atoms with E-state index in [0.29, 0.717) is 0 Å². The van der Waals surface area contributed by atoms with Gasteiger partial charge in [-0.15, -0.1) is 0 Å². The summed E-state index contributed by atoms with van der Waals surface area (Å²) in [4.78, 5) is 22.2. The molecule has 0 aromatic heterocycles. The molecule has 1 amide bonds. The number of carbonyl (C=O) groups excluding carboxylic acids is 2. The Labute approximate surface area is 109 Å². The third-order valence-corrected chi connectivity index (χ3v) is 2.56. The summed E-state index contributed by atoms with van der Waals surface area (Å²) in [6, 6.07) is 4.05. The van der Waals surface area contributed by atoms with Crippen LogP contribution in [0.5, 0.6) is 5.75 Å². The lowest BCUT2D eigenvalue weighted by molar-refractivity contribution is -0.131. The number of aliphatic hydroxyl groups excluding tert-OH is 2. The summed E-state index contributed by atoms with van der Waals surface area (Å²) >= 11 is 0. The van der Waals surface area contributed by atoms with Crippen LogP contribution in [0.25, 0.3) is 0 Å². The molecule has 0 radical (unpaired) electrons. The summed E-state index contributed by atoms with van der Waals surface area (Å²) in [5, 5.41) is 19.1. The van der Waals surface area contributed by atoms with Gasteiger partial charge in [0, 0.05) is 0 Å². The minimum absolute atomic E-state index is 0.153. The molecule has 0 spiro atoms. The molecule has 7 nitrogen and oxygen atoms in total. The Bertz CT molecular complexity index is 487. The fraction of sp³-hybridized carbons (Fsp3) is 0.333. The van der Waals surface area contributed by atoms with Crippen LogP contribution in [0.15, 0.2) is 18.2 Å². The number of primary amides is 1. The van der Waals surface area contributed by atoms with E-state index in [1.807, 2.05) is 0 Å². The van der Waals surface area contributed by atoms with Crippen LogP contribution in [0.2, 0.25) is 0 Å². The highest BCUT2D eigenvalue weighted by atomic mass is 16.5. The second-order valence-corrected chi connectivity index (χ2v) is 3.74. The zero-order valence-corrected chi connectivity index (χ0v) is 10.5. The van der Waals surface area contributed by atoms with E-state index < -0.39 is 24.1 Å². The largest absolute Gasteiger partial charge is 0.496 e. The van der Waals surface area contributed by atoms with Gasteiger partial charge in [-0.2, -0.15) is 0 Å². The van der Waals surface area contributed by atoms with Gasteiger partial charge < -0.3 is 25.4 Å². The second kappa shape index (κ2) is 6.17. The summed E-state index contributed by atoms with van der Waals surface area (Å²) in [7, 11) is 2.56. The van der Waals surface area contributed by atoms with Gasteiger partial charge in [-0.1, -0.05) is 6.07 Å². The first kappa shape index (κ1) is 14.9. The van der Waals surface area contributed by atoms with E-state index in [1.165, 1.54) is 32.4 Å². The molecule has 4 N–H and O–H groups in total. The number of nitrogens with two attached hydrogens (primary N) is 1. The van der Waals surface area contributed by atoms with Crippen LogP contribution >= 0.6 is 0 Å². The molecule has 0 bridgehead atoms. The Kier molecular flexibility index (Phi) is 4.85. The molecule has 1 rings (SSSR count). The molecule has 0 aliphatic heterocycles. The average Bonchev–Trinajstić information content (AvgIpc) is 2.43. The first-order chi connectivity index (χ1) is 8.92. The van der Waals surface area contributed by atoms with Crippen LogP contribution in [0.1, 0.15) is 22.0 Å². The molecule has 0 heterocycles. The number of hydrogen-bond acceptors (Lipinski definition) is 6. The Morgan fingerprint density at radius 3 is 2.37 bits per heavy atom. The van der Waals surface area contributed by atoms with Crippen molar-refractivity contribution in [3.63, 3.8) is 0 Å². The van der Waals surface area contributed by atoms with Gasteiger partial charge in [-0.05, 0) is 17.7 Å². The molecule has 0 fully saturated rings. The van der Waals surface area contributed by atoms with Gasteiger partial charge in [0.25, 0.3) is 0 Å². The van der Waals surface area contributed by atoms with E-state index in [-0.39, 0.29) is 16.9 Å². The van der Waals surface area contributed by atoms with Crippen LogP contribution in [0.4, 0.5) is 0 Å². The van der Waals surface area contributed by atoms with Crippen molar-refractivity contribution in [2.75, 3.05) is 14.2 Å². The Hall–Kier alpha value is -2.12. The SMILES string of the molecule is COC(=O)c1ccc(C(O)C(O)C(N)=O)cc1OC. The smallest absolute Gasteiger partial charge is 0.341 e. The Morgan fingerprint density at radius 1 is 1.26 bits per heavy atom. The van der Waals surface area contributed by atoms with E-state index in [1.54, 1.807) is 0 Å². The van der Waals surface area contributed by atoms with Gasteiger partial charge >= 0.3 is 5.97 Å². The minimum atomic E-state index is -1.74. The Morgan fingerprint density at radius 2 is 1.89 bits per heavy atom. The number of methoxy groups -OCH3 is 2. The highest BCUT2D eigenvalue weighted by Crippen LogP contribution is 2.26. The van der Waals surface area contributed by atoms with E-state index in [2.05, 4.69) is 4.74 Å². The molecule has 0 aliphatic rings. The van der Waals surface area contributed by atoms with Gasteiger partial charge in [-0.25, -0.2) is 4.79 Å². The maximum absolute atomic E-state index is 11.4. The van der Waals surface area contributed by atoms with Crippen molar-refractivity contribution >= 4 is 11.9 Å². The maximum Gasteiger partial charge on any atom is 0.341 e. The summed E-state index contributed by atoms with van der Waals surface area (Å²) in [6.45, 7) is 0. The second-order valence-electron chi connectivity index (χ2n) is 3.74. The number of ether oxygens (including phenoxy) is 2. The third-order valence-electron chi connectivity index (χ3n) is 2.56. The molecule has 1 aromatic carbocycles. The van der Waals surface area contributed by atoms with Crippen molar-refractivity contribution in [1.82, 2.24) is 0 Å². The number of amides is 1. The van der Waals surface area contributed by atoms with E-state index in [0.717, 1.165) is 0 Å². The van der Waals surface area contributed by atoms with E-state index in [9.17, 15) is 19.8 Å². The van der Waals surface area contributed by atoms with Gasteiger partial charge in [-0.3, -0.25) is 4.79 Å². The molecule has 0 saturated carbocycles. The van der Waals surface area contributed by atoms with Crippen LogP contribution < -0.4 is 10.5 Å². The minimum Gasteiger partial charge on any atom is -0.496 e. The van der Waals surface area contributed by atoms with Crippen LogP contribution in [-0.4, -0.2) is 42.4 Å². The highest BCUT2D eigenvalue weighted by Gasteiger charge is 2.25. The average molecular weight is 269 g/mol. The van der Waals surface area contributed by atoms with Crippen molar-refractivity contribution in [2.24, 2.45) is 5.73 Å². The van der Waals surface area contributed by atoms with Crippen LogP contribution in [-0.2, 0) is 9.53 Å². The molecule has 1 aromatic rings. The quantitative estimate of drug-likeness (QED) is 0.612. The molecule has 7 heteroatoms. The van der Waals surface area contributed by atoms with E-state index in [4.69, 9.17) is 10.5 Å². The lowest BCUT2D eigenvalue weighted by atomic mass is 10.0. The molecular weight excluding hydrogens is 254 g/mol. The molecule has 0 aliphatic carbocycles. The molecular formula is C12H15NO6. The molecule has 2 atom stereocenters. The fourth-order valence-corrected chi connectivity index (χ4v) is 1.51. The Balaban J connectivity index is 3.13. The maximum atomic E-state index is 11.4. The van der Waals surface area contributed by atoms with Crippen molar-refractivity contribution in [3.05, 3.63) is 29.3 Å². The topological polar surface area (TPSA) is 119 Å². The van der Waals surface area contributed by atoms with Crippen LogP contribution in [0.3, 0.4) is 0 Å². The fourth-order valence-electron chi connectivity index (χ4n) is 1.51. The number of hydrogen-bond donors (Lipinski definition) is 3. The van der Waals surface area contributed by atoms with Gasteiger partial charge in [0.15, 0.2) is 6.10 Å². The third kappa shape index (κ3) is 3.21. The van der Waals surface area contributed by atoms with Gasteiger partial charge in [0.05, 0.1) is 14.2 Å². The number of rotatable bonds is 5. The molecule has 2 unspecified atom stereocenters. The lowest BCUT2D eigenvalue weighted by Crippen LogP contribution is -2.33. The first-order valence-electron chi connectivity index (χ1n) is 5.34. The van der Waals surface area contributed by atoms with Gasteiger partial charge in [0.2, 0.25) is 5.91 Å². The molecule has 19 heavy (non-hydrogen) atoms. The first-order valence-corrected chi connectivity index (χ1v) is 5.34. The van der Waals surface area contributed by atoms with Crippen molar-refractivity contribution < 1.29 is 29.3 Å². The summed E-state index contributed by atoms with van der Waals surface area (Å²) in [5.74, 6) is -1.50. The number of benzene rings is 1. The number of carbonyl (C=O) groups is 2. The van der Waals surface area contributed by atoms with Crippen molar-refractivity contribution in [2.45, 2.75) is 12.2 Å². The van der Waals surface area contributed by atoms with Crippen LogP contribution in [0, 0.1) is 0 Å². The monoisotopic (exact) mass is 269 g/mol. The zero-order valence-electron chi connectivity index (χ0n) is 10.5. The van der Waals surface area contributed by atoms with Gasteiger partial charge in [0.1, 0.15) is 17.4 Å². The van der Waals surface area contributed by atoms with Crippen molar-refractivity contribution in [1.29, 1.82) is 0 Å². The number of esters is 1. The summed E-state index contributed by atoms with van der Waals surface area (Å²) in [5.41, 5.74) is 5.24. The van der Waals surface area contributed by atoms with E-state index >= 15 is 0 Å². The molecule has 104 valence electrons. The van der Waals surface area contributed by atoms with Crippen molar-refractivity contribution in [3.8, 4) is 5.75 Å². The predicted molar refractivity (Wildman–Crippen MR) is 64.5 cm³/mol. The molecule has 0 saturated heterocycles. The zero-order chi connectivity index (χ0) is 14.6. The summed E-state index contributed by atoms with van der Waals surface area (Å²) < 4.78 is 9.55. The summed E-state index contributed by atoms with van der Waals surface area (Å²) in [6.07, 6.45) is -3.24. The standard InChI is InChI=1S/C12H15NO6/c1-18-8-5-6(9(14)10(15)11(13)16)3-4-7(8)12(17)19-2/h3-5,9-10,14-15H,1-2H3,(H2,13,16). The number of aliphatic hydroxyl groups is 2. The normalized spacial score (nSPS) is 13.5. The highest BCUT2D eigenvalue weighted by molar-refractivity contribution is 5.92. The lowest BCUT2D eigenvalue weighted by Gasteiger charge is -2.16. The predicted octanol–water partition coefficient (Wildman–Crippen LogP) is -0.639.